The Balaban J connectivity index is 2.03. The summed E-state index contributed by atoms with van der Waals surface area (Å²) in [6.07, 6.45) is 3.60. The lowest BCUT2D eigenvalue weighted by molar-refractivity contribution is 0.390. The van der Waals surface area contributed by atoms with Crippen molar-refractivity contribution in [1.82, 2.24) is 4.98 Å². The van der Waals surface area contributed by atoms with Crippen LogP contribution in [0.4, 0.5) is 0 Å². The molecule has 0 radical (unpaired) electrons. The zero-order valence-corrected chi connectivity index (χ0v) is 10.6. The van der Waals surface area contributed by atoms with Crippen LogP contribution in [0.15, 0.2) is 0 Å². The largest absolute Gasteiger partial charge is 0.327 e. The molecule has 3 heteroatoms. The average molecular weight is 224 g/mol. The number of nitrogens with two attached hydrogens (primary N) is 1. The minimum absolute atomic E-state index is 0.414. The number of aromatic nitrogens is 1. The van der Waals surface area contributed by atoms with Crippen molar-refractivity contribution < 1.29 is 0 Å². The highest BCUT2D eigenvalue weighted by molar-refractivity contribution is 7.11. The van der Waals surface area contributed by atoms with Crippen LogP contribution in [0.2, 0.25) is 0 Å². The van der Waals surface area contributed by atoms with Crippen molar-refractivity contribution in [3.8, 4) is 0 Å². The summed E-state index contributed by atoms with van der Waals surface area (Å²) in [6.45, 7) is 6.54. The van der Waals surface area contributed by atoms with Crippen molar-refractivity contribution >= 4 is 11.3 Å². The SMILES string of the molecule is Cc1nc(CC2CCC(N)C2C)sc1C. The third-order valence-electron chi connectivity index (χ3n) is 3.80. The van der Waals surface area contributed by atoms with Gasteiger partial charge in [0.15, 0.2) is 0 Å². The van der Waals surface area contributed by atoms with E-state index in [2.05, 4.69) is 25.8 Å². The maximum absolute atomic E-state index is 6.04. The summed E-state index contributed by atoms with van der Waals surface area (Å²) in [5.41, 5.74) is 7.24. The second-order valence-electron chi connectivity index (χ2n) is 4.81. The van der Waals surface area contributed by atoms with Gasteiger partial charge in [0.25, 0.3) is 0 Å². The van der Waals surface area contributed by atoms with Gasteiger partial charge in [-0.3, -0.25) is 0 Å². The first-order chi connectivity index (χ1) is 7.08. The molecule has 0 bridgehead atoms. The van der Waals surface area contributed by atoms with Crippen molar-refractivity contribution in [2.24, 2.45) is 17.6 Å². The highest BCUT2D eigenvalue weighted by Gasteiger charge is 2.30. The molecule has 0 saturated heterocycles. The minimum atomic E-state index is 0.414. The van der Waals surface area contributed by atoms with Crippen LogP contribution in [0, 0.1) is 25.7 Å². The Morgan fingerprint density at radius 3 is 2.60 bits per heavy atom. The van der Waals surface area contributed by atoms with Gasteiger partial charge in [-0.05, 0) is 38.5 Å². The highest BCUT2D eigenvalue weighted by Crippen LogP contribution is 2.34. The van der Waals surface area contributed by atoms with E-state index in [4.69, 9.17) is 5.73 Å². The number of thiazole rings is 1. The number of aryl methyl sites for hydroxylation is 2. The standard InChI is InChI=1S/C12H20N2S/c1-7-10(4-5-11(7)13)6-12-14-8(2)9(3)15-12/h7,10-11H,4-6,13H2,1-3H3. The first-order valence-corrected chi connectivity index (χ1v) is 6.58. The lowest BCUT2D eigenvalue weighted by Gasteiger charge is -2.16. The second kappa shape index (κ2) is 4.22. The van der Waals surface area contributed by atoms with Gasteiger partial charge in [-0.1, -0.05) is 6.92 Å². The van der Waals surface area contributed by atoms with Crippen LogP contribution >= 0.6 is 11.3 Å². The van der Waals surface area contributed by atoms with Crippen LogP contribution in [-0.4, -0.2) is 11.0 Å². The third-order valence-corrected chi connectivity index (χ3v) is 4.89. The molecule has 0 aromatic carbocycles. The molecule has 15 heavy (non-hydrogen) atoms. The van der Waals surface area contributed by atoms with E-state index in [1.54, 1.807) is 0 Å². The summed E-state index contributed by atoms with van der Waals surface area (Å²) in [4.78, 5) is 5.97. The van der Waals surface area contributed by atoms with Gasteiger partial charge in [-0.25, -0.2) is 4.98 Å². The fourth-order valence-electron chi connectivity index (χ4n) is 2.42. The summed E-state index contributed by atoms with van der Waals surface area (Å²) in [5.74, 6) is 1.42. The average Bonchev–Trinajstić information content (AvgIpc) is 2.65. The van der Waals surface area contributed by atoms with E-state index in [9.17, 15) is 0 Å². The Morgan fingerprint density at radius 2 is 2.13 bits per heavy atom. The first-order valence-electron chi connectivity index (χ1n) is 5.76. The lowest BCUT2D eigenvalue weighted by atomic mass is 9.93. The molecule has 3 atom stereocenters. The van der Waals surface area contributed by atoms with Crippen molar-refractivity contribution in [2.75, 3.05) is 0 Å². The molecule has 2 nitrogen and oxygen atoms in total. The third kappa shape index (κ3) is 2.23. The van der Waals surface area contributed by atoms with Gasteiger partial charge in [0, 0.05) is 17.3 Å². The normalized spacial score (nSPS) is 31.1. The fourth-order valence-corrected chi connectivity index (χ4v) is 3.45. The second-order valence-corrected chi connectivity index (χ2v) is 6.10. The van der Waals surface area contributed by atoms with Gasteiger partial charge in [-0.2, -0.15) is 0 Å². The number of nitrogens with zero attached hydrogens (tertiary/aromatic N) is 1. The van der Waals surface area contributed by atoms with Crippen molar-refractivity contribution in [3.05, 3.63) is 15.6 Å². The van der Waals surface area contributed by atoms with Crippen LogP contribution in [0.5, 0.6) is 0 Å². The quantitative estimate of drug-likeness (QED) is 0.839. The Kier molecular flexibility index (Phi) is 3.12. The number of rotatable bonds is 2. The molecule has 1 aliphatic rings. The van der Waals surface area contributed by atoms with Gasteiger partial charge >= 0.3 is 0 Å². The maximum atomic E-state index is 6.04. The zero-order chi connectivity index (χ0) is 11.0. The molecule has 1 aliphatic carbocycles. The van der Waals surface area contributed by atoms with E-state index in [1.165, 1.54) is 28.4 Å². The molecule has 1 fully saturated rings. The van der Waals surface area contributed by atoms with Gasteiger partial charge in [0.2, 0.25) is 0 Å². The minimum Gasteiger partial charge on any atom is -0.327 e. The van der Waals surface area contributed by atoms with Gasteiger partial charge < -0.3 is 5.73 Å². The van der Waals surface area contributed by atoms with Crippen molar-refractivity contribution in [2.45, 2.75) is 46.1 Å². The first kappa shape index (κ1) is 11.1. The van der Waals surface area contributed by atoms with E-state index in [0.29, 0.717) is 12.0 Å². The molecule has 3 unspecified atom stereocenters. The maximum Gasteiger partial charge on any atom is 0.0933 e. The molecule has 0 amide bonds. The summed E-state index contributed by atoms with van der Waals surface area (Å²) < 4.78 is 0. The van der Waals surface area contributed by atoms with Gasteiger partial charge in [-0.15, -0.1) is 11.3 Å². The fraction of sp³-hybridized carbons (Fsp3) is 0.750. The molecule has 2 N–H and O–H groups in total. The summed E-state index contributed by atoms with van der Waals surface area (Å²) in [7, 11) is 0. The van der Waals surface area contributed by atoms with E-state index >= 15 is 0 Å². The monoisotopic (exact) mass is 224 g/mol. The molecule has 0 spiro atoms. The smallest absolute Gasteiger partial charge is 0.0933 e. The van der Waals surface area contributed by atoms with Crippen LogP contribution in [0.3, 0.4) is 0 Å². The van der Waals surface area contributed by atoms with E-state index < -0.39 is 0 Å². The van der Waals surface area contributed by atoms with Crippen LogP contribution in [0.1, 0.15) is 35.3 Å². The number of hydrogen-bond acceptors (Lipinski definition) is 3. The topological polar surface area (TPSA) is 38.9 Å². The Morgan fingerprint density at radius 1 is 1.40 bits per heavy atom. The molecule has 1 aromatic rings. The van der Waals surface area contributed by atoms with E-state index in [-0.39, 0.29) is 0 Å². The summed E-state index contributed by atoms with van der Waals surface area (Å²) >= 11 is 1.85. The molecular formula is C12H20N2S. The van der Waals surface area contributed by atoms with Gasteiger partial charge in [0.05, 0.1) is 10.7 Å². The van der Waals surface area contributed by atoms with Crippen LogP contribution in [-0.2, 0) is 6.42 Å². The zero-order valence-electron chi connectivity index (χ0n) is 9.79. The Hall–Kier alpha value is -0.410. The molecule has 1 saturated carbocycles. The van der Waals surface area contributed by atoms with Crippen molar-refractivity contribution in [1.29, 1.82) is 0 Å². The number of hydrogen-bond donors (Lipinski definition) is 1. The van der Waals surface area contributed by atoms with Crippen LogP contribution < -0.4 is 5.73 Å². The van der Waals surface area contributed by atoms with E-state index in [0.717, 1.165) is 12.3 Å². The molecular weight excluding hydrogens is 204 g/mol. The highest BCUT2D eigenvalue weighted by atomic mass is 32.1. The van der Waals surface area contributed by atoms with Crippen molar-refractivity contribution in [3.63, 3.8) is 0 Å². The molecule has 1 heterocycles. The lowest BCUT2D eigenvalue weighted by Crippen LogP contribution is -2.25. The van der Waals surface area contributed by atoms with Gasteiger partial charge in [0.1, 0.15) is 0 Å². The summed E-state index contributed by atoms with van der Waals surface area (Å²) in [6, 6.07) is 0.414. The summed E-state index contributed by atoms with van der Waals surface area (Å²) in [5, 5.41) is 1.30. The van der Waals surface area contributed by atoms with E-state index in [1.807, 2.05) is 11.3 Å². The molecule has 0 aliphatic heterocycles. The van der Waals surface area contributed by atoms with Crippen LogP contribution in [0.25, 0.3) is 0 Å². The molecule has 1 aromatic heterocycles. The Bertz CT molecular complexity index is 326. The molecule has 2 rings (SSSR count). The Labute approximate surface area is 95.9 Å². The predicted octanol–water partition coefficient (Wildman–Crippen LogP) is 2.68. The molecule has 84 valence electrons. The predicted molar refractivity (Wildman–Crippen MR) is 65.2 cm³/mol.